The van der Waals surface area contributed by atoms with Crippen molar-refractivity contribution in [1.29, 1.82) is 0 Å². The number of carbonyl (C=O) groups excluding carboxylic acids is 1. The average Bonchev–Trinajstić information content (AvgIpc) is 2.25. The molecule has 0 aliphatic rings. The number of nitrogens with one attached hydrogen (secondary N) is 1. The van der Waals surface area contributed by atoms with E-state index in [-0.39, 0.29) is 16.8 Å². The Balaban J connectivity index is 2.92. The third-order valence-electron chi connectivity index (χ3n) is 2.61. The van der Waals surface area contributed by atoms with Gasteiger partial charge in [-0.25, -0.2) is 4.39 Å². The number of amides is 1. The topological polar surface area (TPSA) is 29.1 Å². The lowest BCUT2D eigenvalue weighted by Gasteiger charge is -2.14. The van der Waals surface area contributed by atoms with Crippen molar-refractivity contribution < 1.29 is 9.18 Å². The first-order chi connectivity index (χ1) is 7.99. The van der Waals surface area contributed by atoms with E-state index < -0.39 is 5.82 Å². The predicted octanol–water partition coefficient (Wildman–Crippen LogP) is 4.62. The second kappa shape index (κ2) is 6.36. The molecule has 0 aliphatic heterocycles. The van der Waals surface area contributed by atoms with E-state index in [4.69, 9.17) is 11.6 Å². The van der Waals surface area contributed by atoms with E-state index in [0.29, 0.717) is 10.2 Å². The van der Waals surface area contributed by atoms with Crippen molar-refractivity contribution >= 4 is 39.1 Å². The predicted molar refractivity (Wildman–Crippen MR) is 71.8 cm³/mol. The Kier molecular flexibility index (Phi) is 5.40. The van der Waals surface area contributed by atoms with Gasteiger partial charge in [0.15, 0.2) is 0 Å². The van der Waals surface area contributed by atoms with Gasteiger partial charge in [0.05, 0.1) is 10.7 Å². The zero-order valence-electron chi connectivity index (χ0n) is 9.69. The first kappa shape index (κ1) is 14.5. The van der Waals surface area contributed by atoms with Gasteiger partial charge in [0.2, 0.25) is 5.91 Å². The number of anilines is 1. The quantitative estimate of drug-likeness (QED) is 0.861. The van der Waals surface area contributed by atoms with Crippen molar-refractivity contribution in [2.75, 3.05) is 5.32 Å². The molecule has 0 atom stereocenters. The third-order valence-corrected chi connectivity index (χ3v) is 3.53. The van der Waals surface area contributed by atoms with Crippen LogP contribution in [0.2, 0.25) is 5.02 Å². The van der Waals surface area contributed by atoms with Crippen molar-refractivity contribution in [3.05, 3.63) is 27.4 Å². The van der Waals surface area contributed by atoms with Crippen LogP contribution in [0.15, 0.2) is 16.6 Å². The second-order valence-electron chi connectivity index (χ2n) is 3.75. The van der Waals surface area contributed by atoms with Crippen molar-refractivity contribution in [3.8, 4) is 0 Å². The normalized spacial score (nSPS) is 10.7. The van der Waals surface area contributed by atoms with E-state index in [0.717, 1.165) is 12.8 Å². The van der Waals surface area contributed by atoms with E-state index in [9.17, 15) is 9.18 Å². The summed E-state index contributed by atoms with van der Waals surface area (Å²) in [6.45, 7) is 3.91. The Morgan fingerprint density at radius 2 is 2.06 bits per heavy atom. The van der Waals surface area contributed by atoms with Gasteiger partial charge < -0.3 is 5.32 Å². The summed E-state index contributed by atoms with van der Waals surface area (Å²) >= 11 is 9.07. The van der Waals surface area contributed by atoms with Gasteiger partial charge in [-0.05, 0) is 40.9 Å². The fourth-order valence-corrected chi connectivity index (χ4v) is 2.45. The van der Waals surface area contributed by atoms with Crippen LogP contribution >= 0.6 is 27.5 Å². The maximum atomic E-state index is 13.0. The summed E-state index contributed by atoms with van der Waals surface area (Å²) in [7, 11) is 0. The molecule has 0 heterocycles. The highest BCUT2D eigenvalue weighted by molar-refractivity contribution is 9.10. The molecule has 5 heteroatoms. The molecule has 1 aromatic carbocycles. The van der Waals surface area contributed by atoms with Crippen molar-refractivity contribution in [1.82, 2.24) is 0 Å². The number of carbonyl (C=O) groups is 1. The molecule has 0 unspecified atom stereocenters. The Labute approximate surface area is 114 Å². The van der Waals surface area contributed by atoms with Crippen LogP contribution in [0.1, 0.15) is 26.7 Å². The van der Waals surface area contributed by atoms with Crippen LogP contribution in [-0.4, -0.2) is 5.91 Å². The van der Waals surface area contributed by atoms with Crippen LogP contribution in [0, 0.1) is 11.7 Å². The van der Waals surface area contributed by atoms with Gasteiger partial charge in [-0.1, -0.05) is 25.4 Å². The first-order valence-corrected chi connectivity index (χ1v) is 6.62. The Morgan fingerprint density at radius 1 is 1.47 bits per heavy atom. The van der Waals surface area contributed by atoms with Crippen molar-refractivity contribution in [2.24, 2.45) is 5.92 Å². The Morgan fingerprint density at radius 3 is 2.53 bits per heavy atom. The fourth-order valence-electron chi connectivity index (χ4n) is 1.55. The molecule has 0 fully saturated rings. The molecule has 0 saturated heterocycles. The summed E-state index contributed by atoms with van der Waals surface area (Å²) in [6, 6.07) is 2.45. The zero-order valence-corrected chi connectivity index (χ0v) is 12.0. The molecule has 1 N–H and O–H groups in total. The van der Waals surface area contributed by atoms with Gasteiger partial charge >= 0.3 is 0 Å². The zero-order chi connectivity index (χ0) is 13.0. The number of benzene rings is 1. The largest absolute Gasteiger partial charge is 0.324 e. The molecule has 1 aromatic rings. The summed E-state index contributed by atoms with van der Waals surface area (Å²) in [5.74, 6) is -0.588. The fraction of sp³-hybridized carbons (Fsp3) is 0.417. The van der Waals surface area contributed by atoms with Crippen LogP contribution in [0.5, 0.6) is 0 Å². The highest BCUT2D eigenvalue weighted by atomic mass is 79.9. The van der Waals surface area contributed by atoms with Gasteiger partial charge in [-0.15, -0.1) is 0 Å². The van der Waals surface area contributed by atoms with Crippen LogP contribution in [0.3, 0.4) is 0 Å². The minimum absolute atomic E-state index is 0.0528. The van der Waals surface area contributed by atoms with Crippen LogP contribution in [0.4, 0.5) is 10.1 Å². The van der Waals surface area contributed by atoms with Gasteiger partial charge in [-0.2, -0.15) is 0 Å². The molecule has 0 aromatic heterocycles. The molecular formula is C12H14BrClFNO. The van der Waals surface area contributed by atoms with Gasteiger partial charge in [0.25, 0.3) is 0 Å². The third kappa shape index (κ3) is 3.68. The number of hydrogen-bond acceptors (Lipinski definition) is 1. The lowest BCUT2D eigenvalue weighted by Crippen LogP contribution is -2.22. The molecular weight excluding hydrogens is 308 g/mol. The van der Waals surface area contributed by atoms with Crippen LogP contribution in [0.25, 0.3) is 0 Å². The Hall–Kier alpha value is -0.610. The van der Waals surface area contributed by atoms with Crippen molar-refractivity contribution in [2.45, 2.75) is 26.7 Å². The molecule has 1 amide bonds. The maximum absolute atomic E-state index is 13.0. The molecule has 0 radical (unpaired) electrons. The number of hydrogen-bond donors (Lipinski definition) is 1. The summed E-state index contributed by atoms with van der Waals surface area (Å²) < 4.78 is 13.5. The molecule has 1 rings (SSSR count). The van der Waals surface area contributed by atoms with E-state index in [2.05, 4.69) is 21.2 Å². The van der Waals surface area contributed by atoms with Gasteiger partial charge in [0, 0.05) is 10.4 Å². The Bertz CT molecular complexity index is 398. The SMILES string of the molecule is CCC(CC)C(=O)Nc1c(Cl)cc(F)cc1Br. The van der Waals surface area contributed by atoms with Crippen molar-refractivity contribution in [3.63, 3.8) is 0 Å². The second-order valence-corrected chi connectivity index (χ2v) is 5.01. The monoisotopic (exact) mass is 321 g/mol. The highest BCUT2D eigenvalue weighted by Gasteiger charge is 2.17. The van der Waals surface area contributed by atoms with E-state index in [1.54, 1.807) is 0 Å². The summed E-state index contributed by atoms with van der Waals surface area (Å²) in [5, 5.41) is 2.91. The van der Waals surface area contributed by atoms with Crippen LogP contribution in [-0.2, 0) is 4.79 Å². The first-order valence-electron chi connectivity index (χ1n) is 5.45. The highest BCUT2D eigenvalue weighted by Crippen LogP contribution is 2.32. The minimum Gasteiger partial charge on any atom is -0.324 e. The summed E-state index contributed by atoms with van der Waals surface area (Å²) in [6.07, 6.45) is 1.53. The molecule has 94 valence electrons. The van der Waals surface area contributed by atoms with Gasteiger partial charge in [-0.3, -0.25) is 4.79 Å². The minimum atomic E-state index is -0.442. The maximum Gasteiger partial charge on any atom is 0.227 e. The molecule has 0 spiro atoms. The standard InChI is InChI=1S/C12H14BrClFNO/c1-3-7(4-2)12(17)16-11-9(13)5-8(15)6-10(11)14/h5-7H,3-4H2,1-2H3,(H,16,17). The van der Waals surface area contributed by atoms with E-state index in [1.807, 2.05) is 13.8 Å². The lowest BCUT2D eigenvalue weighted by molar-refractivity contribution is -0.120. The number of halogens is 3. The molecule has 0 saturated carbocycles. The van der Waals surface area contributed by atoms with E-state index in [1.165, 1.54) is 12.1 Å². The van der Waals surface area contributed by atoms with Gasteiger partial charge in [0.1, 0.15) is 5.82 Å². The smallest absolute Gasteiger partial charge is 0.227 e. The lowest BCUT2D eigenvalue weighted by atomic mass is 10.0. The average molecular weight is 323 g/mol. The molecule has 0 aliphatic carbocycles. The van der Waals surface area contributed by atoms with E-state index >= 15 is 0 Å². The molecule has 0 bridgehead atoms. The summed E-state index contributed by atoms with van der Waals surface area (Å²) in [4.78, 5) is 11.9. The molecule has 2 nitrogen and oxygen atoms in total. The number of rotatable bonds is 4. The molecule has 17 heavy (non-hydrogen) atoms. The summed E-state index contributed by atoms with van der Waals surface area (Å²) in [5.41, 5.74) is 0.421. The van der Waals surface area contributed by atoms with Crippen LogP contribution < -0.4 is 5.32 Å².